The number of aliphatic hydroxyl groups is 2. The van der Waals surface area contributed by atoms with Gasteiger partial charge in [-0.15, -0.1) is 0 Å². The third kappa shape index (κ3) is 2.42. The summed E-state index contributed by atoms with van der Waals surface area (Å²) in [5.41, 5.74) is -2.08. The normalized spacial score (nSPS) is 16.9. The summed E-state index contributed by atoms with van der Waals surface area (Å²) >= 11 is 2.90. The summed E-state index contributed by atoms with van der Waals surface area (Å²) < 4.78 is 27.1. The maximum Gasteiger partial charge on any atom is 0.146 e. The van der Waals surface area contributed by atoms with E-state index in [4.69, 9.17) is 0 Å². The molecule has 1 aromatic rings. The van der Waals surface area contributed by atoms with E-state index in [-0.39, 0.29) is 10.9 Å². The van der Waals surface area contributed by atoms with E-state index >= 15 is 0 Å². The van der Waals surface area contributed by atoms with E-state index < -0.39 is 28.9 Å². The number of aliphatic hydroxyl groups excluding tert-OH is 1. The average Bonchev–Trinajstić information content (AvgIpc) is 2.24. The summed E-state index contributed by atoms with van der Waals surface area (Å²) in [6.07, 6.45) is -1.42. The maximum atomic E-state index is 13.6. The van der Waals surface area contributed by atoms with Gasteiger partial charge in [0.15, 0.2) is 0 Å². The van der Waals surface area contributed by atoms with Crippen LogP contribution >= 0.6 is 15.9 Å². The highest BCUT2D eigenvalue weighted by molar-refractivity contribution is 9.10. The van der Waals surface area contributed by atoms with Gasteiger partial charge in [0.25, 0.3) is 0 Å². The molecule has 0 aliphatic carbocycles. The Morgan fingerprint density at radius 1 is 1.44 bits per heavy atom. The molecule has 2 nitrogen and oxygen atoms in total. The molecule has 2 unspecified atom stereocenters. The van der Waals surface area contributed by atoms with Gasteiger partial charge in [-0.3, -0.25) is 0 Å². The summed E-state index contributed by atoms with van der Waals surface area (Å²) in [5.74, 6) is -1.76. The lowest BCUT2D eigenvalue weighted by Crippen LogP contribution is -2.33. The van der Waals surface area contributed by atoms with E-state index in [0.29, 0.717) is 0 Å². The molecule has 0 bridgehead atoms. The zero-order valence-electron chi connectivity index (χ0n) is 8.97. The van der Waals surface area contributed by atoms with Crippen LogP contribution in [0.5, 0.6) is 0 Å². The summed E-state index contributed by atoms with van der Waals surface area (Å²) in [5, 5.41) is 19.6. The summed E-state index contributed by atoms with van der Waals surface area (Å²) in [6.45, 7) is 2.95. The lowest BCUT2D eigenvalue weighted by atomic mass is 9.90. The van der Waals surface area contributed by atoms with Gasteiger partial charge in [0, 0.05) is 0 Å². The van der Waals surface area contributed by atoms with E-state index in [1.54, 1.807) is 6.92 Å². The van der Waals surface area contributed by atoms with Gasteiger partial charge in [0.2, 0.25) is 0 Å². The third-order valence-electron chi connectivity index (χ3n) is 2.66. The fraction of sp³-hybridized carbons (Fsp3) is 0.455. The van der Waals surface area contributed by atoms with Crippen LogP contribution in [0.3, 0.4) is 0 Å². The molecule has 0 radical (unpaired) electrons. The fourth-order valence-electron chi connectivity index (χ4n) is 1.30. The molecular weight excluding hydrogens is 282 g/mol. The lowest BCUT2D eigenvalue weighted by molar-refractivity contribution is -0.0689. The predicted octanol–water partition coefficient (Wildman–Crippen LogP) is 2.92. The molecule has 0 saturated carbocycles. The van der Waals surface area contributed by atoms with Crippen LogP contribution in [-0.4, -0.2) is 15.8 Å². The van der Waals surface area contributed by atoms with Crippen LogP contribution < -0.4 is 0 Å². The zero-order chi connectivity index (χ0) is 12.5. The smallest absolute Gasteiger partial charge is 0.146 e. The molecule has 16 heavy (non-hydrogen) atoms. The van der Waals surface area contributed by atoms with Crippen molar-refractivity contribution in [3.63, 3.8) is 0 Å². The van der Waals surface area contributed by atoms with Crippen LogP contribution in [0.15, 0.2) is 16.6 Å². The van der Waals surface area contributed by atoms with Crippen LogP contribution in [0.25, 0.3) is 0 Å². The number of hydrogen-bond acceptors (Lipinski definition) is 2. The van der Waals surface area contributed by atoms with Gasteiger partial charge >= 0.3 is 0 Å². The molecule has 0 aromatic heterocycles. The first-order valence-corrected chi connectivity index (χ1v) is 5.64. The van der Waals surface area contributed by atoms with Crippen molar-refractivity contribution < 1.29 is 19.0 Å². The summed E-state index contributed by atoms with van der Waals surface area (Å²) in [6, 6.07) is 2.25. The third-order valence-corrected chi connectivity index (χ3v) is 3.27. The maximum absolute atomic E-state index is 13.6. The Balaban J connectivity index is 3.28. The average molecular weight is 295 g/mol. The van der Waals surface area contributed by atoms with E-state index in [9.17, 15) is 19.0 Å². The highest BCUT2D eigenvalue weighted by Gasteiger charge is 2.34. The standard InChI is InChI=1S/C11H13BrF2O2/c1-3-11(2,16)10(15)8-7(13)5-4-6(12)9(8)14/h4-5,10,15-16H,3H2,1-2H3. The Labute approximate surface area is 101 Å². The minimum atomic E-state index is -1.60. The summed E-state index contributed by atoms with van der Waals surface area (Å²) in [4.78, 5) is 0. The molecule has 0 fully saturated rings. The quantitative estimate of drug-likeness (QED) is 0.842. The molecule has 0 spiro atoms. The van der Waals surface area contributed by atoms with Gasteiger partial charge in [-0.2, -0.15) is 0 Å². The number of rotatable bonds is 3. The molecule has 2 N–H and O–H groups in total. The van der Waals surface area contributed by atoms with Gasteiger partial charge < -0.3 is 10.2 Å². The van der Waals surface area contributed by atoms with Gasteiger partial charge in [0.05, 0.1) is 15.6 Å². The molecule has 0 aliphatic heterocycles. The number of hydrogen-bond donors (Lipinski definition) is 2. The second kappa shape index (κ2) is 4.77. The Kier molecular flexibility index (Phi) is 4.04. The first-order chi connectivity index (χ1) is 7.31. The number of benzene rings is 1. The van der Waals surface area contributed by atoms with Crippen molar-refractivity contribution in [2.24, 2.45) is 0 Å². The first kappa shape index (κ1) is 13.5. The highest BCUT2D eigenvalue weighted by Crippen LogP contribution is 2.34. The SMILES string of the molecule is CCC(C)(O)C(O)c1c(F)ccc(Br)c1F. The summed E-state index contributed by atoms with van der Waals surface area (Å²) in [7, 11) is 0. The second-order valence-electron chi connectivity index (χ2n) is 3.87. The van der Waals surface area contributed by atoms with E-state index in [1.165, 1.54) is 13.0 Å². The predicted molar refractivity (Wildman–Crippen MR) is 59.9 cm³/mol. The van der Waals surface area contributed by atoms with Crippen molar-refractivity contribution in [2.45, 2.75) is 32.0 Å². The zero-order valence-corrected chi connectivity index (χ0v) is 10.6. The van der Waals surface area contributed by atoms with E-state index in [2.05, 4.69) is 15.9 Å². The van der Waals surface area contributed by atoms with Crippen molar-refractivity contribution >= 4 is 15.9 Å². The van der Waals surface area contributed by atoms with Crippen molar-refractivity contribution in [1.29, 1.82) is 0 Å². The molecule has 0 heterocycles. The molecule has 0 saturated heterocycles. The van der Waals surface area contributed by atoms with Gasteiger partial charge in [-0.05, 0) is 41.4 Å². The van der Waals surface area contributed by atoms with Gasteiger partial charge in [-0.25, -0.2) is 8.78 Å². The molecule has 0 amide bonds. The Hall–Kier alpha value is -0.520. The minimum absolute atomic E-state index is 0.0508. The monoisotopic (exact) mass is 294 g/mol. The van der Waals surface area contributed by atoms with Crippen LogP contribution in [0.1, 0.15) is 31.9 Å². The second-order valence-corrected chi connectivity index (χ2v) is 4.72. The molecule has 1 rings (SSSR count). The van der Waals surface area contributed by atoms with Crippen LogP contribution in [-0.2, 0) is 0 Å². The first-order valence-electron chi connectivity index (χ1n) is 4.85. The van der Waals surface area contributed by atoms with Crippen molar-refractivity contribution in [1.82, 2.24) is 0 Å². The fourth-order valence-corrected chi connectivity index (χ4v) is 1.64. The molecule has 5 heteroatoms. The van der Waals surface area contributed by atoms with Crippen LogP contribution in [0.2, 0.25) is 0 Å². The topological polar surface area (TPSA) is 40.5 Å². The van der Waals surface area contributed by atoms with E-state index in [0.717, 1.165) is 6.07 Å². The van der Waals surface area contributed by atoms with Gasteiger partial charge in [0.1, 0.15) is 17.7 Å². The molecule has 1 aromatic carbocycles. The Bertz CT molecular complexity index is 394. The molecule has 0 aliphatic rings. The molecule has 90 valence electrons. The Morgan fingerprint density at radius 3 is 2.50 bits per heavy atom. The van der Waals surface area contributed by atoms with Crippen molar-refractivity contribution in [2.75, 3.05) is 0 Å². The largest absolute Gasteiger partial charge is 0.387 e. The van der Waals surface area contributed by atoms with Crippen LogP contribution in [0.4, 0.5) is 8.78 Å². The lowest BCUT2D eigenvalue weighted by Gasteiger charge is -2.28. The molecular formula is C11H13BrF2O2. The number of halogens is 3. The van der Waals surface area contributed by atoms with E-state index in [1.807, 2.05) is 0 Å². The minimum Gasteiger partial charge on any atom is -0.387 e. The van der Waals surface area contributed by atoms with Crippen LogP contribution in [0, 0.1) is 11.6 Å². The van der Waals surface area contributed by atoms with Gasteiger partial charge in [-0.1, -0.05) is 6.92 Å². The molecule has 2 atom stereocenters. The van der Waals surface area contributed by atoms with Crippen molar-refractivity contribution in [3.8, 4) is 0 Å². The highest BCUT2D eigenvalue weighted by atomic mass is 79.9. The Morgan fingerprint density at radius 2 is 2.00 bits per heavy atom. The van der Waals surface area contributed by atoms with Crippen molar-refractivity contribution in [3.05, 3.63) is 33.8 Å².